The minimum Gasteiger partial charge on any atom is -0.368 e. The lowest BCUT2D eigenvalue weighted by Crippen LogP contribution is -2.22. The topological polar surface area (TPSA) is 111 Å². The summed E-state index contributed by atoms with van der Waals surface area (Å²) >= 11 is 5.62. The summed E-state index contributed by atoms with van der Waals surface area (Å²) in [6.45, 7) is 5.75. The molecule has 4 rings (SSSR count). The van der Waals surface area contributed by atoms with E-state index in [4.69, 9.17) is 17.3 Å². The Hall–Kier alpha value is -4.19. The number of rotatable bonds is 4. The van der Waals surface area contributed by atoms with Gasteiger partial charge in [0.15, 0.2) is 5.82 Å². The fourth-order valence-electron chi connectivity index (χ4n) is 3.55. The zero-order valence-corrected chi connectivity index (χ0v) is 21.1. The number of nitrogen functional groups attached to an aromatic ring is 1. The second-order valence-electron chi connectivity index (χ2n) is 9.25. The first-order valence-corrected chi connectivity index (χ1v) is 11.5. The summed E-state index contributed by atoms with van der Waals surface area (Å²) in [7, 11) is 0. The van der Waals surface area contributed by atoms with Crippen molar-refractivity contribution in [2.75, 3.05) is 16.4 Å². The van der Waals surface area contributed by atoms with Gasteiger partial charge in [-0.2, -0.15) is 18.3 Å². The maximum atomic E-state index is 15.7. The molecule has 4 N–H and O–H groups in total. The number of nitrogens with one attached hydrogen (secondary N) is 2. The Labute approximate surface area is 219 Å². The van der Waals surface area contributed by atoms with Crippen LogP contribution in [0, 0.1) is 5.82 Å². The summed E-state index contributed by atoms with van der Waals surface area (Å²) in [5.74, 6) is -0.770. The van der Waals surface area contributed by atoms with E-state index in [9.17, 15) is 18.0 Å². The zero-order chi connectivity index (χ0) is 27.8. The maximum absolute atomic E-state index is 15.7. The second kappa shape index (κ2) is 9.93. The lowest BCUT2D eigenvalue weighted by Gasteiger charge is -2.18. The van der Waals surface area contributed by atoms with Crippen LogP contribution in [0.3, 0.4) is 0 Å². The number of alkyl halides is 3. The molecule has 0 radical (unpaired) electrons. The van der Waals surface area contributed by atoms with Crippen LogP contribution >= 0.6 is 11.6 Å². The molecule has 2 aromatic heterocycles. The van der Waals surface area contributed by atoms with Crippen LogP contribution in [0.4, 0.5) is 39.7 Å². The van der Waals surface area contributed by atoms with Gasteiger partial charge in [0.2, 0.25) is 5.95 Å². The van der Waals surface area contributed by atoms with Gasteiger partial charge in [0.05, 0.1) is 27.5 Å². The van der Waals surface area contributed by atoms with E-state index in [1.807, 2.05) is 20.8 Å². The average Bonchev–Trinajstić information content (AvgIpc) is 3.27. The Kier molecular flexibility index (Phi) is 7.02. The first-order chi connectivity index (χ1) is 17.7. The molecule has 0 saturated heterocycles. The molecule has 0 spiro atoms. The summed E-state index contributed by atoms with van der Waals surface area (Å²) in [5.41, 5.74) is 4.99. The number of hydrogen-bond acceptors (Lipinski definition) is 5. The van der Waals surface area contributed by atoms with E-state index in [0.29, 0.717) is 23.0 Å². The molecule has 8 nitrogen and oxygen atoms in total. The molecule has 0 aliphatic carbocycles. The number of amides is 2. The van der Waals surface area contributed by atoms with Gasteiger partial charge < -0.3 is 16.4 Å². The van der Waals surface area contributed by atoms with Gasteiger partial charge in [-0.05, 0) is 51.1 Å². The summed E-state index contributed by atoms with van der Waals surface area (Å²) in [6.07, 6.45) is -1.60. The van der Waals surface area contributed by atoms with Gasteiger partial charge in [0.25, 0.3) is 0 Å². The number of aromatic nitrogens is 4. The van der Waals surface area contributed by atoms with Crippen LogP contribution in [0.5, 0.6) is 0 Å². The number of hydrogen-bond donors (Lipinski definition) is 3. The lowest BCUT2D eigenvalue weighted by molar-refractivity contribution is -0.137. The van der Waals surface area contributed by atoms with E-state index in [1.54, 1.807) is 16.9 Å². The van der Waals surface area contributed by atoms with Crippen LogP contribution in [-0.2, 0) is 11.7 Å². The van der Waals surface area contributed by atoms with Gasteiger partial charge in [-0.3, -0.25) is 4.68 Å². The molecule has 0 fully saturated rings. The molecular weight excluding hydrogens is 526 g/mol. The smallest absolute Gasteiger partial charge is 0.368 e. The number of carbonyl (C=O) groups excluding carboxylic acids is 1. The quantitative estimate of drug-likeness (QED) is 0.243. The van der Waals surface area contributed by atoms with Gasteiger partial charge in [-0.1, -0.05) is 23.7 Å². The first kappa shape index (κ1) is 26.9. The standard InChI is InChI=1S/C25H22ClF4N7O/c1-24(2,3)37-12-15(21(36-37)19-9-10-32-22(31)34-19)14-5-4-6-18(20(14)27)35-23(38)33-13-7-8-17(26)16(11-13)25(28,29)30/h4-12H,1-3H3,(H2,31,32,34)(H2,33,35,38). The number of benzene rings is 2. The third kappa shape index (κ3) is 5.70. The molecule has 198 valence electrons. The summed E-state index contributed by atoms with van der Waals surface area (Å²) in [5, 5.41) is 8.68. The number of urea groups is 1. The number of anilines is 3. The highest BCUT2D eigenvalue weighted by molar-refractivity contribution is 6.31. The highest BCUT2D eigenvalue weighted by Gasteiger charge is 2.33. The minimum absolute atomic E-state index is 0.0159. The van der Waals surface area contributed by atoms with Crippen molar-refractivity contribution in [3.05, 3.63) is 71.3 Å². The molecule has 0 unspecified atom stereocenters. The Balaban J connectivity index is 1.68. The molecule has 0 bridgehead atoms. The van der Waals surface area contributed by atoms with Crippen LogP contribution < -0.4 is 16.4 Å². The van der Waals surface area contributed by atoms with E-state index in [1.165, 1.54) is 30.5 Å². The predicted octanol–water partition coefficient (Wildman–Crippen LogP) is 6.80. The molecule has 13 heteroatoms. The van der Waals surface area contributed by atoms with E-state index < -0.39 is 34.1 Å². The monoisotopic (exact) mass is 547 g/mol. The third-order valence-corrected chi connectivity index (χ3v) is 5.71. The number of nitrogens with two attached hydrogens (primary N) is 1. The van der Waals surface area contributed by atoms with Gasteiger partial charge >= 0.3 is 12.2 Å². The summed E-state index contributed by atoms with van der Waals surface area (Å²) in [4.78, 5) is 20.6. The first-order valence-electron chi connectivity index (χ1n) is 11.2. The molecule has 0 aliphatic rings. The van der Waals surface area contributed by atoms with Gasteiger partial charge in [0, 0.05) is 29.2 Å². The fraction of sp³-hybridized carbons (Fsp3) is 0.200. The van der Waals surface area contributed by atoms with Crippen LogP contribution in [-0.4, -0.2) is 25.8 Å². The van der Waals surface area contributed by atoms with E-state index in [-0.39, 0.29) is 22.9 Å². The summed E-state index contributed by atoms with van der Waals surface area (Å²) in [6, 6.07) is 7.87. The molecular formula is C25H22ClF4N7O. The molecule has 0 atom stereocenters. The van der Waals surface area contributed by atoms with Crippen molar-refractivity contribution in [2.24, 2.45) is 0 Å². The molecule has 2 heterocycles. The Morgan fingerprint density at radius 3 is 2.45 bits per heavy atom. The van der Waals surface area contributed by atoms with E-state index in [0.717, 1.165) is 6.07 Å². The molecule has 2 aromatic carbocycles. The van der Waals surface area contributed by atoms with Crippen molar-refractivity contribution >= 4 is 35.0 Å². The predicted molar refractivity (Wildman–Crippen MR) is 137 cm³/mol. The van der Waals surface area contributed by atoms with Crippen LogP contribution in [0.25, 0.3) is 22.5 Å². The SMILES string of the molecule is CC(C)(C)n1cc(-c2cccc(NC(=O)Nc3ccc(Cl)c(C(F)(F)F)c3)c2F)c(-c2ccnc(N)n2)n1. The van der Waals surface area contributed by atoms with Gasteiger partial charge in [-0.25, -0.2) is 19.2 Å². The summed E-state index contributed by atoms with van der Waals surface area (Å²) < 4.78 is 56.8. The van der Waals surface area contributed by atoms with Crippen molar-refractivity contribution in [1.29, 1.82) is 0 Å². The van der Waals surface area contributed by atoms with Gasteiger partial charge in [-0.15, -0.1) is 0 Å². The van der Waals surface area contributed by atoms with Crippen molar-refractivity contribution in [2.45, 2.75) is 32.5 Å². The minimum atomic E-state index is -4.71. The number of nitrogens with zero attached hydrogens (tertiary/aromatic N) is 4. The molecule has 2 amide bonds. The van der Waals surface area contributed by atoms with Crippen LogP contribution in [0.1, 0.15) is 26.3 Å². The second-order valence-corrected chi connectivity index (χ2v) is 9.65. The van der Waals surface area contributed by atoms with Crippen molar-refractivity contribution in [3.63, 3.8) is 0 Å². The molecule has 38 heavy (non-hydrogen) atoms. The lowest BCUT2D eigenvalue weighted by atomic mass is 10.0. The Morgan fingerprint density at radius 2 is 1.79 bits per heavy atom. The zero-order valence-electron chi connectivity index (χ0n) is 20.4. The molecule has 0 saturated carbocycles. The molecule has 4 aromatic rings. The van der Waals surface area contributed by atoms with Gasteiger partial charge in [0.1, 0.15) is 5.69 Å². The number of carbonyl (C=O) groups is 1. The molecule has 0 aliphatic heterocycles. The fourth-order valence-corrected chi connectivity index (χ4v) is 3.78. The normalized spacial score (nSPS) is 11.9. The Morgan fingerprint density at radius 1 is 1.05 bits per heavy atom. The number of halogens is 5. The van der Waals surface area contributed by atoms with Crippen molar-refractivity contribution in [1.82, 2.24) is 19.7 Å². The van der Waals surface area contributed by atoms with Crippen LogP contribution in [0.15, 0.2) is 54.9 Å². The third-order valence-electron chi connectivity index (χ3n) is 5.39. The highest BCUT2D eigenvalue weighted by Crippen LogP contribution is 2.37. The Bertz CT molecular complexity index is 1510. The highest BCUT2D eigenvalue weighted by atomic mass is 35.5. The van der Waals surface area contributed by atoms with Crippen LogP contribution in [0.2, 0.25) is 5.02 Å². The van der Waals surface area contributed by atoms with Crippen molar-refractivity contribution in [3.8, 4) is 22.5 Å². The maximum Gasteiger partial charge on any atom is 0.417 e. The van der Waals surface area contributed by atoms with E-state index >= 15 is 4.39 Å². The van der Waals surface area contributed by atoms with Crippen molar-refractivity contribution < 1.29 is 22.4 Å². The average molecular weight is 548 g/mol. The van der Waals surface area contributed by atoms with E-state index in [2.05, 4.69) is 25.7 Å². The largest absolute Gasteiger partial charge is 0.417 e.